The molecule has 1 aromatic carbocycles. The van der Waals surface area contributed by atoms with E-state index in [9.17, 15) is 13.2 Å². The maximum Gasteiger partial charge on any atom is 0.416 e. The summed E-state index contributed by atoms with van der Waals surface area (Å²) < 4.78 is 38.6. The fraction of sp³-hybridized carbons (Fsp3) is 0.571. The van der Waals surface area contributed by atoms with E-state index in [1.807, 2.05) is 0 Å². The Hall–Kier alpha value is -0.750. The van der Waals surface area contributed by atoms with Gasteiger partial charge in [0.25, 0.3) is 0 Å². The predicted octanol–water partition coefficient (Wildman–Crippen LogP) is 4.05. The van der Waals surface area contributed by atoms with Crippen molar-refractivity contribution in [1.29, 1.82) is 0 Å². The van der Waals surface area contributed by atoms with Crippen molar-refractivity contribution < 1.29 is 13.2 Å². The second kappa shape index (κ2) is 6.35. The van der Waals surface area contributed by atoms with Gasteiger partial charge in [0.15, 0.2) is 0 Å². The molecular weight excluding hydrogens is 333 g/mol. The quantitative estimate of drug-likeness (QED) is 0.881. The molecule has 1 N–H and O–H groups in total. The van der Waals surface area contributed by atoms with Crippen molar-refractivity contribution in [2.24, 2.45) is 0 Å². The summed E-state index contributed by atoms with van der Waals surface area (Å²) in [5.41, 5.74) is 0.225. The van der Waals surface area contributed by atoms with Crippen LogP contribution in [0, 0.1) is 0 Å². The minimum Gasteiger partial charge on any atom is -0.366 e. The molecule has 0 saturated carbocycles. The molecule has 2 rings (SSSR count). The summed E-state index contributed by atoms with van der Waals surface area (Å²) in [6.07, 6.45) is -2.32. The van der Waals surface area contributed by atoms with Crippen molar-refractivity contribution in [3.05, 3.63) is 28.2 Å². The first-order chi connectivity index (χ1) is 9.43. The van der Waals surface area contributed by atoms with Crippen molar-refractivity contribution in [2.75, 3.05) is 24.5 Å². The molecule has 1 atom stereocenters. The predicted molar refractivity (Wildman–Crippen MR) is 78.1 cm³/mol. The maximum atomic E-state index is 12.7. The first-order valence-electron chi connectivity index (χ1n) is 6.77. The second-order valence-corrected chi connectivity index (χ2v) is 5.86. The second-order valence-electron chi connectivity index (χ2n) is 5.00. The van der Waals surface area contributed by atoms with E-state index in [1.54, 1.807) is 6.07 Å². The molecule has 0 bridgehead atoms. The van der Waals surface area contributed by atoms with Gasteiger partial charge >= 0.3 is 6.18 Å². The number of alkyl halides is 3. The molecular formula is C14H18BrF3N2. The van der Waals surface area contributed by atoms with E-state index >= 15 is 0 Å². The van der Waals surface area contributed by atoms with Gasteiger partial charge < -0.3 is 10.2 Å². The molecule has 112 valence electrons. The topological polar surface area (TPSA) is 15.3 Å². The molecule has 1 aromatic rings. The van der Waals surface area contributed by atoms with E-state index in [-0.39, 0.29) is 0 Å². The van der Waals surface area contributed by atoms with Gasteiger partial charge in [0.1, 0.15) is 0 Å². The molecule has 6 heteroatoms. The third-order valence-corrected chi connectivity index (χ3v) is 4.16. The summed E-state index contributed by atoms with van der Waals surface area (Å²) in [4.78, 5) is 2.20. The Morgan fingerprint density at radius 1 is 1.40 bits per heavy atom. The zero-order valence-electron chi connectivity index (χ0n) is 11.3. The fourth-order valence-electron chi connectivity index (χ4n) is 2.56. The van der Waals surface area contributed by atoms with Crippen LogP contribution in [0.25, 0.3) is 0 Å². The van der Waals surface area contributed by atoms with Crippen LogP contribution < -0.4 is 10.2 Å². The number of nitrogens with one attached hydrogen (secondary N) is 1. The van der Waals surface area contributed by atoms with Crippen molar-refractivity contribution in [1.82, 2.24) is 5.32 Å². The maximum absolute atomic E-state index is 12.7. The Bertz CT molecular complexity index is 456. The Morgan fingerprint density at radius 3 is 2.65 bits per heavy atom. The molecule has 1 aliphatic heterocycles. The monoisotopic (exact) mass is 350 g/mol. The summed E-state index contributed by atoms with van der Waals surface area (Å²) in [7, 11) is 0. The molecule has 0 aliphatic carbocycles. The molecule has 0 aromatic heterocycles. The van der Waals surface area contributed by atoms with Crippen molar-refractivity contribution in [2.45, 2.75) is 32.0 Å². The van der Waals surface area contributed by atoms with Crippen molar-refractivity contribution in [3.63, 3.8) is 0 Å². The first-order valence-corrected chi connectivity index (χ1v) is 7.57. The highest BCUT2D eigenvalue weighted by atomic mass is 79.9. The van der Waals surface area contributed by atoms with E-state index < -0.39 is 11.7 Å². The zero-order valence-corrected chi connectivity index (χ0v) is 12.9. The molecule has 1 aliphatic rings. The zero-order chi connectivity index (χ0) is 14.8. The first kappa shape index (κ1) is 15.6. The average molecular weight is 351 g/mol. The minimum atomic E-state index is -4.30. The van der Waals surface area contributed by atoms with Crippen LogP contribution in [-0.2, 0) is 6.18 Å². The largest absolute Gasteiger partial charge is 0.416 e. The van der Waals surface area contributed by atoms with Gasteiger partial charge in [0.05, 0.1) is 11.3 Å². The number of rotatable bonds is 4. The Kier molecular flexibility index (Phi) is 4.96. The standard InChI is InChI=1S/C14H18BrF3N2/c1-2-7-20(11-5-6-19-9-11)13-4-3-10(8-12(13)15)14(16,17)18/h3-4,8,11,19H,2,5-7,9H2,1H3. The van der Waals surface area contributed by atoms with E-state index in [2.05, 4.69) is 33.1 Å². The number of benzene rings is 1. The molecule has 2 nitrogen and oxygen atoms in total. The van der Waals surface area contributed by atoms with Crippen molar-refractivity contribution in [3.8, 4) is 0 Å². The highest BCUT2D eigenvalue weighted by Crippen LogP contribution is 2.36. The van der Waals surface area contributed by atoms with Gasteiger partial charge in [0, 0.05) is 23.6 Å². The molecule has 1 unspecified atom stereocenters. The van der Waals surface area contributed by atoms with Gasteiger partial charge in [-0.15, -0.1) is 0 Å². The fourth-order valence-corrected chi connectivity index (χ4v) is 3.17. The van der Waals surface area contributed by atoms with Gasteiger partial charge in [0.2, 0.25) is 0 Å². The smallest absolute Gasteiger partial charge is 0.366 e. The number of anilines is 1. The molecule has 20 heavy (non-hydrogen) atoms. The number of nitrogens with zero attached hydrogens (tertiary/aromatic N) is 1. The van der Waals surface area contributed by atoms with Crippen LogP contribution in [0.15, 0.2) is 22.7 Å². The van der Waals surface area contributed by atoms with Gasteiger partial charge in [-0.3, -0.25) is 0 Å². The summed E-state index contributed by atoms with van der Waals surface area (Å²) in [5.74, 6) is 0. The summed E-state index contributed by atoms with van der Waals surface area (Å²) >= 11 is 3.30. The minimum absolute atomic E-state index is 0.350. The molecule has 1 heterocycles. The van der Waals surface area contributed by atoms with Gasteiger partial charge in [-0.25, -0.2) is 0 Å². The summed E-state index contributed by atoms with van der Waals surface area (Å²) in [5, 5.41) is 3.30. The number of hydrogen-bond donors (Lipinski definition) is 1. The summed E-state index contributed by atoms with van der Waals surface area (Å²) in [6.45, 7) is 4.76. The normalized spacial score (nSPS) is 19.4. The molecule has 1 saturated heterocycles. The highest BCUT2D eigenvalue weighted by Gasteiger charge is 2.32. The van der Waals surface area contributed by atoms with Crippen LogP contribution in [0.1, 0.15) is 25.3 Å². The van der Waals surface area contributed by atoms with Crippen LogP contribution in [0.3, 0.4) is 0 Å². The molecule has 0 spiro atoms. The van der Waals surface area contributed by atoms with E-state index in [1.165, 1.54) is 6.07 Å². The van der Waals surface area contributed by atoms with E-state index in [0.29, 0.717) is 10.5 Å². The Labute approximate surface area is 125 Å². The molecule has 0 amide bonds. The average Bonchev–Trinajstić information content (AvgIpc) is 2.89. The van der Waals surface area contributed by atoms with Crippen LogP contribution >= 0.6 is 15.9 Å². The lowest BCUT2D eigenvalue weighted by Gasteiger charge is -2.31. The lowest BCUT2D eigenvalue weighted by molar-refractivity contribution is -0.137. The lowest BCUT2D eigenvalue weighted by Crippen LogP contribution is -2.37. The van der Waals surface area contributed by atoms with Crippen LogP contribution in [-0.4, -0.2) is 25.7 Å². The highest BCUT2D eigenvalue weighted by molar-refractivity contribution is 9.10. The molecule has 1 fully saturated rings. The van der Waals surface area contributed by atoms with Gasteiger partial charge in [-0.2, -0.15) is 13.2 Å². The number of hydrogen-bond acceptors (Lipinski definition) is 2. The Balaban J connectivity index is 2.29. The number of halogens is 4. The molecule has 0 radical (unpaired) electrons. The summed E-state index contributed by atoms with van der Waals surface area (Å²) in [6, 6.07) is 4.25. The Morgan fingerprint density at radius 2 is 2.15 bits per heavy atom. The van der Waals surface area contributed by atoms with Crippen LogP contribution in [0.2, 0.25) is 0 Å². The van der Waals surface area contributed by atoms with E-state index in [0.717, 1.165) is 44.2 Å². The van der Waals surface area contributed by atoms with Gasteiger partial charge in [-0.05, 0) is 53.5 Å². The van der Waals surface area contributed by atoms with Gasteiger partial charge in [-0.1, -0.05) is 6.92 Å². The third kappa shape index (κ3) is 3.47. The third-order valence-electron chi connectivity index (χ3n) is 3.52. The lowest BCUT2D eigenvalue weighted by atomic mass is 10.1. The van der Waals surface area contributed by atoms with Crippen LogP contribution in [0.4, 0.5) is 18.9 Å². The van der Waals surface area contributed by atoms with Crippen molar-refractivity contribution >= 4 is 21.6 Å². The van der Waals surface area contributed by atoms with Crippen LogP contribution in [0.5, 0.6) is 0 Å². The van der Waals surface area contributed by atoms with E-state index in [4.69, 9.17) is 0 Å². The SMILES string of the molecule is CCCN(c1ccc(C(F)(F)F)cc1Br)C1CCNC1.